The summed E-state index contributed by atoms with van der Waals surface area (Å²) in [5.41, 5.74) is 2.99. The summed E-state index contributed by atoms with van der Waals surface area (Å²) in [6.07, 6.45) is 9.97. The maximum atomic E-state index is 13.2. The standard InChI is InChI=1S/C21H21FN2OS/c1-2-12-23-21(26)19(20(25)16-7-9-18(22)10-8-16)24-13-11-15-5-3-4-6-17(15)14-24/h2,7-11,13-14,19H,1,3-6,12H2. The van der Waals surface area contributed by atoms with Crippen LogP contribution in [-0.2, 0) is 25.5 Å². The Balaban J connectivity index is 2.01. The average Bonchev–Trinajstić information content (AvgIpc) is 2.67. The third-order valence-corrected chi connectivity index (χ3v) is 4.95. The average molecular weight is 368 g/mol. The number of Topliss-reactive ketones (excluding diaryl/α,β-unsaturated/α-hetero) is 1. The van der Waals surface area contributed by atoms with Gasteiger partial charge in [0.1, 0.15) is 5.82 Å². The van der Waals surface area contributed by atoms with E-state index in [9.17, 15) is 9.18 Å². The molecular weight excluding hydrogens is 347 g/mol. The Kier molecular flexibility index (Phi) is 5.89. The van der Waals surface area contributed by atoms with Crippen LogP contribution in [0.25, 0.3) is 0 Å². The van der Waals surface area contributed by atoms with Gasteiger partial charge in [0.15, 0.2) is 12.4 Å². The number of hydrogen-bond acceptors (Lipinski definition) is 3. The molecular formula is C21H21FN2OS. The highest BCUT2D eigenvalue weighted by molar-refractivity contribution is 7.77. The van der Waals surface area contributed by atoms with Crippen molar-refractivity contribution in [1.82, 2.24) is 0 Å². The van der Waals surface area contributed by atoms with E-state index in [2.05, 4.69) is 17.6 Å². The number of pyridine rings is 1. The normalized spacial score (nSPS) is 15.2. The lowest BCUT2D eigenvalue weighted by Crippen LogP contribution is -2.48. The number of rotatable bonds is 6. The van der Waals surface area contributed by atoms with Crippen molar-refractivity contribution >= 4 is 23.5 Å². The van der Waals surface area contributed by atoms with Gasteiger partial charge in [-0.25, -0.2) is 4.39 Å². The number of carbonyl (C=O) groups is 1. The first-order valence-electron chi connectivity index (χ1n) is 8.74. The van der Waals surface area contributed by atoms with Crippen LogP contribution in [0.3, 0.4) is 0 Å². The summed E-state index contributed by atoms with van der Waals surface area (Å²) in [7, 11) is 0. The summed E-state index contributed by atoms with van der Waals surface area (Å²) >= 11 is 5.45. The van der Waals surface area contributed by atoms with Crippen LogP contribution in [0.2, 0.25) is 0 Å². The highest BCUT2D eigenvalue weighted by Gasteiger charge is 2.29. The zero-order valence-electron chi connectivity index (χ0n) is 14.5. The molecule has 26 heavy (non-hydrogen) atoms. The molecule has 134 valence electrons. The SMILES string of the molecule is C=CCN=C([S-])C(C(=O)c1ccc(F)cc1)[n+]1ccc2c(c1)CCCC2. The number of benzene rings is 1. The van der Waals surface area contributed by atoms with Crippen molar-refractivity contribution < 1.29 is 13.8 Å². The predicted molar refractivity (Wildman–Crippen MR) is 103 cm³/mol. The van der Waals surface area contributed by atoms with E-state index in [4.69, 9.17) is 12.6 Å². The van der Waals surface area contributed by atoms with Crippen LogP contribution in [0.15, 0.2) is 60.4 Å². The van der Waals surface area contributed by atoms with Gasteiger partial charge in [-0.15, -0.1) is 6.58 Å². The van der Waals surface area contributed by atoms with E-state index in [1.165, 1.54) is 41.8 Å². The van der Waals surface area contributed by atoms with Crippen LogP contribution in [0, 0.1) is 5.82 Å². The maximum Gasteiger partial charge on any atom is 0.237 e. The number of halogens is 1. The van der Waals surface area contributed by atoms with Gasteiger partial charge in [-0.1, -0.05) is 6.08 Å². The van der Waals surface area contributed by atoms with Crippen molar-refractivity contribution in [3.8, 4) is 0 Å². The molecule has 3 rings (SSSR count). The van der Waals surface area contributed by atoms with Crippen molar-refractivity contribution in [3.05, 3.63) is 77.9 Å². The molecule has 1 aromatic heterocycles. The van der Waals surface area contributed by atoms with E-state index in [0.717, 1.165) is 19.3 Å². The van der Waals surface area contributed by atoms with Gasteiger partial charge in [-0.05, 0) is 60.6 Å². The van der Waals surface area contributed by atoms with Gasteiger partial charge in [-0.2, -0.15) is 4.57 Å². The molecule has 1 atom stereocenters. The summed E-state index contributed by atoms with van der Waals surface area (Å²) in [6.45, 7) is 4.01. The lowest BCUT2D eigenvalue weighted by atomic mass is 9.93. The van der Waals surface area contributed by atoms with Gasteiger partial charge in [0.25, 0.3) is 0 Å². The maximum absolute atomic E-state index is 13.2. The van der Waals surface area contributed by atoms with Crippen molar-refractivity contribution in [2.24, 2.45) is 4.99 Å². The fraction of sp³-hybridized carbons (Fsp3) is 0.286. The molecule has 0 aliphatic heterocycles. The molecule has 0 saturated carbocycles. The largest absolute Gasteiger partial charge is 0.758 e. The Hall–Kier alpha value is -2.40. The second-order valence-corrected chi connectivity index (χ2v) is 6.81. The number of aryl methyl sites for hydroxylation is 2. The van der Waals surface area contributed by atoms with Crippen molar-refractivity contribution in [3.63, 3.8) is 0 Å². The zero-order valence-corrected chi connectivity index (χ0v) is 15.3. The molecule has 1 unspecified atom stereocenters. The van der Waals surface area contributed by atoms with Gasteiger partial charge in [0, 0.05) is 17.2 Å². The first kappa shape index (κ1) is 18.4. The number of fused-ring (bicyclic) bond motifs is 1. The Morgan fingerprint density at radius 1 is 1.23 bits per heavy atom. The minimum absolute atomic E-state index is 0.191. The lowest BCUT2D eigenvalue weighted by Gasteiger charge is -2.20. The minimum atomic E-state index is -0.720. The van der Waals surface area contributed by atoms with Gasteiger partial charge in [0.05, 0.1) is 6.54 Å². The molecule has 1 aliphatic carbocycles. The van der Waals surface area contributed by atoms with Crippen LogP contribution in [0.4, 0.5) is 4.39 Å². The number of carbonyl (C=O) groups excluding carboxylic acids is 1. The van der Waals surface area contributed by atoms with E-state index in [-0.39, 0.29) is 11.6 Å². The number of aromatic nitrogens is 1. The number of nitrogens with zero attached hydrogens (tertiary/aromatic N) is 2. The molecule has 0 bridgehead atoms. The van der Waals surface area contributed by atoms with Gasteiger partial charge < -0.3 is 17.6 Å². The molecule has 0 saturated heterocycles. The molecule has 0 amide bonds. The van der Waals surface area contributed by atoms with Crippen LogP contribution in [0.5, 0.6) is 0 Å². The van der Waals surface area contributed by atoms with Gasteiger partial charge in [0.2, 0.25) is 11.8 Å². The topological polar surface area (TPSA) is 33.3 Å². The summed E-state index contributed by atoms with van der Waals surface area (Å²) in [5, 5.41) is 0.306. The van der Waals surface area contributed by atoms with E-state index in [1.54, 1.807) is 6.08 Å². The second kappa shape index (κ2) is 8.32. The Morgan fingerprint density at radius 3 is 2.62 bits per heavy atom. The third-order valence-electron chi connectivity index (χ3n) is 4.59. The third kappa shape index (κ3) is 4.05. The van der Waals surface area contributed by atoms with E-state index >= 15 is 0 Å². The quantitative estimate of drug-likeness (QED) is 0.195. The molecule has 0 spiro atoms. The highest BCUT2D eigenvalue weighted by atomic mass is 32.1. The van der Waals surface area contributed by atoms with Crippen molar-refractivity contribution in [1.29, 1.82) is 0 Å². The second-order valence-electron chi connectivity index (χ2n) is 6.39. The molecule has 0 fully saturated rings. The van der Waals surface area contributed by atoms with Crippen LogP contribution >= 0.6 is 0 Å². The first-order valence-corrected chi connectivity index (χ1v) is 9.15. The monoisotopic (exact) mass is 368 g/mol. The van der Waals surface area contributed by atoms with Crippen molar-refractivity contribution in [2.45, 2.75) is 31.7 Å². The van der Waals surface area contributed by atoms with Gasteiger partial charge >= 0.3 is 0 Å². The Bertz CT molecular complexity index is 846. The van der Waals surface area contributed by atoms with Gasteiger partial charge in [-0.3, -0.25) is 4.79 Å². The molecule has 3 nitrogen and oxygen atoms in total. The van der Waals surface area contributed by atoms with E-state index in [1.807, 2.05) is 17.0 Å². The first-order chi connectivity index (χ1) is 12.6. The Morgan fingerprint density at radius 2 is 1.92 bits per heavy atom. The van der Waals surface area contributed by atoms with E-state index in [0.29, 0.717) is 17.2 Å². The predicted octanol–water partition coefficient (Wildman–Crippen LogP) is 3.55. The summed E-state index contributed by atoms with van der Waals surface area (Å²) in [4.78, 5) is 17.4. The fourth-order valence-electron chi connectivity index (χ4n) is 3.24. The smallest absolute Gasteiger partial charge is 0.237 e. The summed E-state index contributed by atoms with van der Waals surface area (Å²) < 4.78 is 15.1. The van der Waals surface area contributed by atoms with Crippen molar-refractivity contribution in [2.75, 3.05) is 6.54 Å². The lowest BCUT2D eigenvalue weighted by molar-refractivity contribution is -0.692. The minimum Gasteiger partial charge on any atom is -0.758 e. The van der Waals surface area contributed by atoms with Crippen LogP contribution in [-0.4, -0.2) is 17.4 Å². The van der Waals surface area contributed by atoms with Crippen LogP contribution in [0.1, 0.15) is 40.4 Å². The zero-order chi connectivity index (χ0) is 18.5. The Labute approximate surface area is 158 Å². The number of aliphatic imine (C=N–C) groups is 1. The molecule has 0 radical (unpaired) electrons. The fourth-order valence-corrected chi connectivity index (χ4v) is 3.54. The van der Waals surface area contributed by atoms with Crippen LogP contribution < -0.4 is 4.57 Å². The number of hydrogen-bond donors (Lipinski definition) is 0. The number of ketones is 1. The molecule has 5 heteroatoms. The van der Waals surface area contributed by atoms with E-state index < -0.39 is 6.04 Å². The molecule has 2 aromatic rings. The molecule has 1 aromatic carbocycles. The summed E-state index contributed by atoms with van der Waals surface area (Å²) in [5.74, 6) is -0.568. The molecule has 1 aliphatic rings. The molecule has 1 heterocycles. The highest BCUT2D eigenvalue weighted by Crippen LogP contribution is 2.20. The summed E-state index contributed by atoms with van der Waals surface area (Å²) in [6, 6.07) is 6.88. The molecule has 0 N–H and O–H groups in total.